The number of halogens is 1. The monoisotopic (exact) mass is 489 g/mol. The maximum absolute atomic E-state index is 13.2. The summed E-state index contributed by atoms with van der Waals surface area (Å²) in [5.41, 5.74) is 2.92. The quantitative estimate of drug-likeness (QED) is 0.354. The molecule has 1 aliphatic heterocycles. The Morgan fingerprint density at radius 2 is 1.74 bits per heavy atom. The van der Waals surface area contributed by atoms with E-state index in [1.807, 2.05) is 59.5 Å². The summed E-state index contributed by atoms with van der Waals surface area (Å²) >= 11 is 1.62. The third-order valence-corrected chi connectivity index (χ3v) is 7.57. The highest BCUT2D eigenvalue weighted by Gasteiger charge is 2.32. The molecule has 1 amide bonds. The van der Waals surface area contributed by atoms with Crippen molar-refractivity contribution in [2.45, 2.75) is 32.5 Å². The minimum absolute atomic E-state index is 0.0169. The van der Waals surface area contributed by atoms with Crippen LogP contribution >= 0.6 is 11.3 Å². The van der Waals surface area contributed by atoms with Crippen LogP contribution in [0.25, 0.3) is 20.8 Å². The lowest BCUT2D eigenvalue weighted by molar-refractivity contribution is -0.139. The number of nitrogens with zero attached hydrogens (tertiary/aromatic N) is 3. The molecule has 1 aromatic heterocycles. The zero-order valence-corrected chi connectivity index (χ0v) is 20.7. The highest BCUT2D eigenvalue weighted by atomic mass is 32.1. The molecule has 5 rings (SSSR count). The highest BCUT2D eigenvalue weighted by Crippen LogP contribution is 2.35. The van der Waals surface area contributed by atoms with Gasteiger partial charge in [0.15, 0.2) is 6.61 Å². The van der Waals surface area contributed by atoms with Crippen LogP contribution in [0.4, 0.5) is 4.39 Å². The van der Waals surface area contributed by atoms with Crippen molar-refractivity contribution in [3.63, 3.8) is 0 Å². The Morgan fingerprint density at radius 1 is 1.00 bits per heavy atom. The molecule has 5 nitrogen and oxygen atoms in total. The molecule has 1 saturated heterocycles. The van der Waals surface area contributed by atoms with Crippen molar-refractivity contribution >= 4 is 27.5 Å². The fourth-order valence-electron chi connectivity index (χ4n) is 4.57. The predicted molar refractivity (Wildman–Crippen MR) is 138 cm³/mol. The van der Waals surface area contributed by atoms with Gasteiger partial charge in [0.25, 0.3) is 5.91 Å². The van der Waals surface area contributed by atoms with Crippen molar-refractivity contribution in [1.29, 1.82) is 0 Å². The number of amides is 1. The number of thiazole rings is 1. The molecule has 2 atom stereocenters. The van der Waals surface area contributed by atoms with Crippen molar-refractivity contribution < 1.29 is 13.9 Å². The largest absolute Gasteiger partial charge is 0.483 e. The van der Waals surface area contributed by atoms with Gasteiger partial charge in [-0.25, -0.2) is 9.37 Å². The molecular formula is C28H28FN3O2S. The number of para-hydroxylation sites is 2. The first-order valence-electron chi connectivity index (χ1n) is 11.8. The van der Waals surface area contributed by atoms with E-state index in [-0.39, 0.29) is 30.4 Å². The van der Waals surface area contributed by atoms with E-state index in [4.69, 9.17) is 9.72 Å². The third-order valence-electron chi connectivity index (χ3n) is 6.50. The van der Waals surface area contributed by atoms with E-state index in [1.165, 1.54) is 12.1 Å². The number of benzene rings is 3. The number of rotatable bonds is 6. The number of carbonyl (C=O) groups is 1. The molecule has 0 radical (unpaired) electrons. The molecule has 1 fully saturated rings. The van der Waals surface area contributed by atoms with Gasteiger partial charge >= 0.3 is 0 Å². The van der Waals surface area contributed by atoms with E-state index in [9.17, 15) is 9.18 Å². The summed E-state index contributed by atoms with van der Waals surface area (Å²) in [6.45, 7) is 6.29. The van der Waals surface area contributed by atoms with Crippen LogP contribution in [0.2, 0.25) is 0 Å². The van der Waals surface area contributed by atoms with Gasteiger partial charge in [0, 0.05) is 31.7 Å². The number of ether oxygens (including phenoxy) is 1. The topological polar surface area (TPSA) is 45.7 Å². The summed E-state index contributed by atoms with van der Waals surface area (Å²) in [5, 5.41) is 0.880. The van der Waals surface area contributed by atoms with Gasteiger partial charge in [-0.3, -0.25) is 9.69 Å². The van der Waals surface area contributed by atoms with Gasteiger partial charge in [0.05, 0.1) is 15.8 Å². The highest BCUT2D eigenvalue weighted by molar-refractivity contribution is 7.21. The van der Waals surface area contributed by atoms with Crippen molar-refractivity contribution in [1.82, 2.24) is 14.8 Å². The smallest absolute Gasteiger partial charge is 0.260 e. The molecule has 2 heterocycles. The second-order valence-corrected chi connectivity index (χ2v) is 10.1. The van der Waals surface area contributed by atoms with Crippen LogP contribution in [0.1, 0.15) is 19.4 Å². The molecule has 180 valence electrons. The average Bonchev–Trinajstić information content (AvgIpc) is 3.30. The first kappa shape index (κ1) is 23.5. The number of hydrogen-bond acceptors (Lipinski definition) is 5. The molecular weight excluding hydrogens is 461 g/mol. The molecule has 3 aromatic carbocycles. The lowest BCUT2D eigenvalue weighted by Gasteiger charge is -2.44. The van der Waals surface area contributed by atoms with Gasteiger partial charge in [0.2, 0.25) is 0 Å². The lowest BCUT2D eigenvalue weighted by atomic mass is 10.1. The Kier molecular flexibility index (Phi) is 6.79. The second kappa shape index (κ2) is 10.1. The molecule has 2 unspecified atom stereocenters. The molecule has 1 aliphatic rings. The number of fused-ring (bicyclic) bond motifs is 1. The van der Waals surface area contributed by atoms with E-state index < -0.39 is 0 Å². The molecule has 0 saturated carbocycles. The molecule has 0 N–H and O–H groups in total. The van der Waals surface area contributed by atoms with E-state index >= 15 is 0 Å². The number of hydrogen-bond donors (Lipinski definition) is 0. The van der Waals surface area contributed by atoms with Crippen molar-refractivity contribution in [2.75, 3.05) is 19.7 Å². The second-order valence-electron chi connectivity index (χ2n) is 9.07. The van der Waals surface area contributed by atoms with Crippen LogP contribution < -0.4 is 4.74 Å². The number of piperazine rings is 1. The fourth-order valence-corrected chi connectivity index (χ4v) is 5.57. The summed E-state index contributed by atoms with van der Waals surface area (Å²) in [6, 6.07) is 22.7. The summed E-state index contributed by atoms with van der Waals surface area (Å²) in [4.78, 5) is 22.1. The summed E-state index contributed by atoms with van der Waals surface area (Å²) in [5.74, 6) is 0.413. The Morgan fingerprint density at radius 3 is 2.54 bits per heavy atom. The fraction of sp³-hybridized carbons (Fsp3) is 0.286. The van der Waals surface area contributed by atoms with Crippen molar-refractivity contribution in [3.8, 4) is 16.3 Å². The van der Waals surface area contributed by atoms with Gasteiger partial charge < -0.3 is 9.64 Å². The van der Waals surface area contributed by atoms with Crippen LogP contribution in [-0.4, -0.2) is 52.5 Å². The Balaban J connectivity index is 1.23. The zero-order valence-electron chi connectivity index (χ0n) is 19.9. The number of carbonyl (C=O) groups excluding carboxylic acids is 1. The maximum Gasteiger partial charge on any atom is 0.260 e. The first-order valence-corrected chi connectivity index (χ1v) is 12.7. The Hall–Kier alpha value is -3.29. The van der Waals surface area contributed by atoms with Gasteiger partial charge in [0.1, 0.15) is 16.6 Å². The molecule has 0 spiro atoms. The normalized spacial score (nSPS) is 18.7. The van der Waals surface area contributed by atoms with E-state index in [2.05, 4.69) is 24.8 Å². The van der Waals surface area contributed by atoms with Gasteiger partial charge in [-0.15, -0.1) is 11.3 Å². The van der Waals surface area contributed by atoms with Crippen LogP contribution in [0, 0.1) is 5.82 Å². The summed E-state index contributed by atoms with van der Waals surface area (Å²) in [6.07, 6.45) is 0. The van der Waals surface area contributed by atoms with Crippen LogP contribution in [0.5, 0.6) is 5.75 Å². The maximum atomic E-state index is 13.2. The lowest BCUT2D eigenvalue weighted by Crippen LogP contribution is -2.58. The molecule has 4 aromatic rings. The van der Waals surface area contributed by atoms with Crippen LogP contribution in [-0.2, 0) is 11.3 Å². The SMILES string of the molecule is CC1CN(C(=O)COc2ccccc2-c2nc3ccccc3s2)C(C)CN1Cc1ccc(F)cc1. The standard InChI is InChI=1S/C28H28FN3O2S/c1-19-16-32(20(2)15-31(19)17-21-11-13-22(29)14-12-21)27(33)18-34-25-9-5-3-7-23(25)28-30-24-8-4-6-10-26(24)35-28/h3-14,19-20H,15-18H2,1-2H3. The van der Waals surface area contributed by atoms with E-state index in [1.54, 1.807) is 11.3 Å². The molecule has 7 heteroatoms. The minimum Gasteiger partial charge on any atom is -0.483 e. The van der Waals surface area contributed by atoms with Crippen LogP contribution in [0.15, 0.2) is 72.8 Å². The first-order chi connectivity index (χ1) is 17.0. The van der Waals surface area contributed by atoms with E-state index in [0.29, 0.717) is 12.3 Å². The van der Waals surface area contributed by atoms with Gasteiger partial charge in [-0.2, -0.15) is 0 Å². The van der Waals surface area contributed by atoms with Gasteiger partial charge in [-0.1, -0.05) is 36.4 Å². The Bertz CT molecular complexity index is 1290. The van der Waals surface area contributed by atoms with Crippen LogP contribution in [0.3, 0.4) is 0 Å². The van der Waals surface area contributed by atoms with Gasteiger partial charge in [-0.05, 0) is 55.8 Å². The van der Waals surface area contributed by atoms with Crippen molar-refractivity contribution in [3.05, 3.63) is 84.2 Å². The predicted octanol–water partition coefficient (Wildman–Crippen LogP) is 5.60. The van der Waals surface area contributed by atoms with E-state index in [0.717, 1.165) is 39.4 Å². The summed E-state index contributed by atoms with van der Waals surface area (Å²) in [7, 11) is 0. The molecule has 35 heavy (non-hydrogen) atoms. The molecule has 0 aliphatic carbocycles. The zero-order chi connectivity index (χ0) is 24.4. The summed E-state index contributed by atoms with van der Waals surface area (Å²) < 4.78 is 20.4. The minimum atomic E-state index is -0.227. The Labute approximate surface area is 208 Å². The molecule has 0 bridgehead atoms. The van der Waals surface area contributed by atoms with Crippen molar-refractivity contribution in [2.24, 2.45) is 0 Å². The average molecular weight is 490 g/mol. The number of aromatic nitrogens is 1. The third kappa shape index (κ3) is 5.21.